The average Bonchev–Trinajstić information content (AvgIpc) is 2.62. The molecule has 1 amide bonds. The summed E-state index contributed by atoms with van der Waals surface area (Å²) in [4.78, 5) is 34.3. The SMILES string of the molecule is CC(C)(Oc1ccc(F)cc1)C(=O)OCC(=O)Nc1ccc(Cl)c([N+](=O)[O-])c1. The summed E-state index contributed by atoms with van der Waals surface area (Å²) in [5, 5.41) is 13.1. The molecule has 148 valence electrons. The van der Waals surface area contributed by atoms with Gasteiger partial charge in [-0.2, -0.15) is 0 Å². The van der Waals surface area contributed by atoms with Crippen LogP contribution in [0.1, 0.15) is 13.8 Å². The smallest absolute Gasteiger partial charge is 0.350 e. The average molecular weight is 411 g/mol. The first kappa shape index (κ1) is 21.1. The van der Waals surface area contributed by atoms with Crippen LogP contribution in [0.2, 0.25) is 5.02 Å². The quantitative estimate of drug-likeness (QED) is 0.423. The number of halogens is 2. The summed E-state index contributed by atoms with van der Waals surface area (Å²) in [5.41, 5.74) is -1.68. The monoisotopic (exact) mass is 410 g/mol. The molecule has 2 aromatic rings. The summed E-state index contributed by atoms with van der Waals surface area (Å²) in [6.45, 7) is 2.23. The van der Waals surface area contributed by atoms with Gasteiger partial charge in [0.15, 0.2) is 12.2 Å². The molecule has 28 heavy (non-hydrogen) atoms. The normalized spacial score (nSPS) is 10.9. The number of nitrogens with one attached hydrogen (secondary N) is 1. The van der Waals surface area contributed by atoms with E-state index in [4.69, 9.17) is 21.1 Å². The molecule has 0 heterocycles. The molecule has 2 rings (SSSR count). The van der Waals surface area contributed by atoms with Crippen molar-refractivity contribution in [1.29, 1.82) is 0 Å². The Kier molecular flexibility index (Phi) is 6.53. The number of carbonyl (C=O) groups is 2. The number of anilines is 1. The maximum Gasteiger partial charge on any atom is 0.350 e. The second kappa shape index (κ2) is 8.66. The first-order valence-corrected chi connectivity index (χ1v) is 8.32. The number of nitro groups is 1. The molecule has 8 nitrogen and oxygen atoms in total. The van der Waals surface area contributed by atoms with Crippen molar-refractivity contribution in [2.24, 2.45) is 0 Å². The Hall–Kier alpha value is -3.20. The fraction of sp³-hybridized carbons (Fsp3) is 0.222. The Morgan fingerprint density at radius 3 is 2.46 bits per heavy atom. The van der Waals surface area contributed by atoms with Gasteiger partial charge >= 0.3 is 5.97 Å². The van der Waals surface area contributed by atoms with Crippen LogP contribution >= 0.6 is 11.6 Å². The number of nitro benzene ring substituents is 1. The van der Waals surface area contributed by atoms with Gasteiger partial charge in [-0.15, -0.1) is 0 Å². The van der Waals surface area contributed by atoms with Gasteiger partial charge in [-0.3, -0.25) is 14.9 Å². The van der Waals surface area contributed by atoms with Crippen LogP contribution in [0.15, 0.2) is 42.5 Å². The van der Waals surface area contributed by atoms with Gasteiger partial charge < -0.3 is 14.8 Å². The van der Waals surface area contributed by atoms with E-state index < -0.39 is 34.8 Å². The molecule has 0 aliphatic carbocycles. The Labute approximate surface area is 164 Å². The Balaban J connectivity index is 1.92. The molecule has 0 aliphatic rings. The molecular weight excluding hydrogens is 395 g/mol. The molecular formula is C18H16ClFN2O6. The molecule has 10 heteroatoms. The lowest BCUT2D eigenvalue weighted by molar-refractivity contribution is -0.384. The third kappa shape index (κ3) is 5.65. The molecule has 0 saturated carbocycles. The van der Waals surface area contributed by atoms with Crippen LogP contribution in [0.3, 0.4) is 0 Å². The van der Waals surface area contributed by atoms with Crippen molar-refractivity contribution in [2.45, 2.75) is 19.4 Å². The molecule has 1 N–H and O–H groups in total. The van der Waals surface area contributed by atoms with Crippen LogP contribution < -0.4 is 10.1 Å². The van der Waals surface area contributed by atoms with E-state index in [0.29, 0.717) is 0 Å². The van der Waals surface area contributed by atoms with Gasteiger partial charge in [0.1, 0.15) is 16.6 Å². The second-order valence-corrected chi connectivity index (χ2v) is 6.52. The maximum atomic E-state index is 12.9. The summed E-state index contributed by atoms with van der Waals surface area (Å²) >= 11 is 5.70. The largest absolute Gasteiger partial charge is 0.476 e. The Morgan fingerprint density at radius 1 is 1.21 bits per heavy atom. The van der Waals surface area contributed by atoms with E-state index in [9.17, 15) is 24.1 Å². The van der Waals surface area contributed by atoms with Crippen LogP contribution in [-0.2, 0) is 14.3 Å². The highest BCUT2D eigenvalue weighted by Crippen LogP contribution is 2.27. The first-order valence-electron chi connectivity index (χ1n) is 7.94. The number of nitrogens with zero attached hydrogens (tertiary/aromatic N) is 1. The zero-order chi connectivity index (χ0) is 20.9. The van der Waals surface area contributed by atoms with Gasteiger partial charge in [-0.05, 0) is 50.2 Å². The van der Waals surface area contributed by atoms with Gasteiger partial charge in [0.25, 0.3) is 11.6 Å². The summed E-state index contributed by atoms with van der Waals surface area (Å²) in [5.74, 6) is -1.73. The predicted molar refractivity (Wildman–Crippen MR) is 98.8 cm³/mol. The van der Waals surface area contributed by atoms with Gasteiger partial charge in [0.2, 0.25) is 0 Å². The van der Waals surface area contributed by atoms with E-state index in [2.05, 4.69) is 5.32 Å². The second-order valence-electron chi connectivity index (χ2n) is 6.11. The lowest BCUT2D eigenvalue weighted by Crippen LogP contribution is -2.41. The molecule has 0 saturated heterocycles. The molecule has 0 spiro atoms. The molecule has 0 atom stereocenters. The van der Waals surface area contributed by atoms with Gasteiger partial charge in [0.05, 0.1) is 4.92 Å². The Morgan fingerprint density at radius 2 is 1.86 bits per heavy atom. The van der Waals surface area contributed by atoms with E-state index in [0.717, 1.165) is 6.07 Å². The third-order valence-electron chi connectivity index (χ3n) is 3.44. The van der Waals surface area contributed by atoms with Crippen LogP contribution in [0.25, 0.3) is 0 Å². The summed E-state index contributed by atoms with van der Waals surface area (Å²) in [6.07, 6.45) is 0. The van der Waals surface area contributed by atoms with Crippen LogP contribution in [0, 0.1) is 15.9 Å². The van der Waals surface area contributed by atoms with Crippen molar-refractivity contribution in [1.82, 2.24) is 0 Å². The minimum Gasteiger partial charge on any atom is -0.476 e. The van der Waals surface area contributed by atoms with Gasteiger partial charge in [-0.1, -0.05) is 11.6 Å². The molecule has 0 unspecified atom stereocenters. The van der Waals surface area contributed by atoms with Crippen molar-refractivity contribution >= 4 is 34.9 Å². The number of ether oxygens (including phenoxy) is 2. The molecule has 0 aromatic heterocycles. The van der Waals surface area contributed by atoms with Crippen molar-refractivity contribution in [3.05, 3.63) is 63.4 Å². The highest BCUT2D eigenvalue weighted by Gasteiger charge is 2.32. The van der Waals surface area contributed by atoms with E-state index in [-0.39, 0.29) is 22.1 Å². The summed E-state index contributed by atoms with van der Waals surface area (Å²) in [6, 6.07) is 8.78. The highest BCUT2D eigenvalue weighted by atomic mass is 35.5. The minimum absolute atomic E-state index is 0.0749. The highest BCUT2D eigenvalue weighted by molar-refractivity contribution is 6.32. The molecule has 0 fully saturated rings. The van der Waals surface area contributed by atoms with Crippen molar-refractivity contribution in [2.75, 3.05) is 11.9 Å². The van der Waals surface area contributed by atoms with Gasteiger partial charge in [-0.25, -0.2) is 9.18 Å². The predicted octanol–water partition coefficient (Wildman–Crippen LogP) is 3.73. The number of rotatable bonds is 7. The van der Waals surface area contributed by atoms with Crippen LogP contribution in [-0.4, -0.2) is 29.0 Å². The fourth-order valence-electron chi connectivity index (χ4n) is 2.07. The fourth-order valence-corrected chi connectivity index (χ4v) is 2.26. The third-order valence-corrected chi connectivity index (χ3v) is 3.76. The van der Waals surface area contributed by atoms with E-state index in [1.807, 2.05) is 0 Å². The van der Waals surface area contributed by atoms with Crippen molar-refractivity contribution in [3.63, 3.8) is 0 Å². The zero-order valence-electron chi connectivity index (χ0n) is 14.9. The number of esters is 1. The summed E-state index contributed by atoms with van der Waals surface area (Å²) in [7, 11) is 0. The molecule has 0 aliphatic heterocycles. The first-order chi connectivity index (χ1) is 13.1. The standard InChI is InChI=1S/C18H16ClFN2O6/c1-18(2,28-13-6-3-11(20)4-7-13)17(24)27-10-16(23)21-12-5-8-14(19)15(9-12)22(25)26/h3-9H,10H2,1-2H3,(H,21,23). The Bertz CT molecular complexity index is 901. The van der Waals surface area contributed by atoms with Crippen molar-refractivity contribution in [3.8, 4) is 5.75 Å². The van der Waals surface area contributed by atoms with E-state index in [1.54, 1.807) is 0 Å². The molecule has 0 radical (unpaired) electrons. The molecule has 0 bridgehead atoms. The number of amides is 1. The van der Waals surface area contributed by atoms with E-state index in [1.165, 1.54) is 50.2 Å². The van der Waals surface area contributed by atoms with Crippen LogP contribution in [0.4, 0.5) is 15.8 Å². The van der Waals surface area contributed by atoms with E-state index >= 15 is 0 Å². The number of hydrogen-bond donors (Lipinski definition) is 1. The lowest BCUT2D eigenvalue weighted by atomic mass is 10.1. The van der Waals surface area contributed by atoms with Crippen LogP contribution in [0.5, 0.6) is 5.75 Å². The number of hydrogen-bond acceptors (Lipinski definition) is 6. The topological polar surface area (TPSA) is 108 Å². The van der Waals surface area contributed by atoms with Crippen molar-refractivity contribution < 1.29 is 28.4 Å². The minimum atomic E-state index is -1.43. The summed E-state index contributed by atoms with van der Waals surface area (Å²) < 4.78 is 23.3. The number of benzene rings is 2. The van der Waals surface area contributed by atoms with Gasteiger partial charge in [0, 0.05) is 11.8 Å². The number of carbonyl (C=O) groups excluding carboxylic acids is 2. The molecule has 2 aromatic carbocycles. The zero-order valence-corrected chi connectivity index (χ0v) is 15.7. The maximum absolute atomic E-state index is 12.9. The lowest BCUT2D eigenvalue weighted by Gasteiger charge is -2.24.